The first kappa shape index (κ1) is 14.0. The Morgan fingerprint density at radius 3 is 2.70 bits per heavy atom. The van der Waals surface area contributed by atoms with Gasteiger partial charge in [-0.05, 0) is 17.5 Å². The van der Waals surface area contributed by atoms with E-state index in [2.05, 4.69) is 23.1 Å². The van der Waals surface area contributed by atoms with Crippen LogP contribution in [0.3, 0.4) is 0 Å². The number of fused-ring (bicyclic) bond motifs is 1. The topological polar surface area (TPSA) is 79.0 Å². The molecule has 0 saturated carbocycles. The third-order valence-corrected chi connectivity index (χ3v) is 4.46. The highest BCUT2D eigenvalue weighted by molar-refractivity contribution is 5.29. The summed E-state index contributed by atoms with van der Waals surface area (Å²) in [7, 11) is 0. The maximum absolute atomic E-state index is 10.4. The van der Waals surface area contributed by atoms with E-state index < -0.39 is 12.2 Å². The van der Waals surface area contributed by atoms with E-state index in [0.29, 0.717) is 6.54 Å². The second-order valence-corrected chi connectivity index (χ2v) is 5.60. The smallest absolute Gasteiger partial charge is 0.109 e. The molecule has 1 aromatic carbocycles. The van der Waals surface area contributed by atoms with E-state index in [1.165, 1.54) is 11.1 Å². The van der Waals surface area contributed by atoms with Gasteiger partial charge in [-0.25, -0.2) is 0 Å². The molecule has 2 heterocycles. The van der Waals surface area contributed by atoms with Crippen molar-refractivity contribution < 1.29 is 14.9 Å². The molecule has 20 heavy (non-hydrogen) atoms. The molecular weight excluding hydrogens is 256 g/mol. The molecule has 1 aromatic rings. The summed E-state index contributed by atoms with van der Waals surface area (Å²) in [6.45, 7) is 1.88. The van der Waals surface area contributed by atoms with Crippen molar-refractivity contribution in [3.05, 3.63) is 35.4 Å². The number of ether oxygens (including phenoxy) is 1. The largest absolute Gasteiger partial charge is 0.394 e. The van der Waals surface area contributed by atoms with Crippen molar-refractivity contribution in [2.45, 2.75) is 37.3 Å². The Labute approximate surface area is 119 Å². The molecule has 0 unspecified atom stereocenters. The monoisotopic (exact) mass is 278 g/mol. The average molecular weight is 278 g/mol. The van der Waals surface area contributed by atoms with Crippen LogP contribution in [0.4, 0.5) is 0 Å². The third-order valence-electron chi connectivity index (χ3n) is 4.46. The summed E-state index contributed by atoms with van der Waals surface area (Å²) in [5.41, 5.74) is 8.44. The van der Waals surface area contributed by atoms with Crippen molar-refractivity contribution >= 4 is 0 Å². The van der Waals surface area contributed by atoms with Crippen molar-refractivity contribution in [3.8, 4) is 0 Å². The lowest BCUT2D eigenvalue weighted by Gasteiger charge is -2.36. The summed E-state index contributed by atoms with van der Waals surface area (Å²) in [5.74, 6) is 0. The molecule has 0 radical (unpaired) electrons. The standard InChI is InChI=1S/C15H22N2O3/c16-7-12-14(15(19)13(9-18)20-12)17-6-5-10-3-1-2-4-11(10)8-17/h1-4,12-15,18-19H,5-9,16H2/t12-,13+,14+,15-/m1/s1. The molecule has 5 nitrogen and oxygen atoms in total. The lowest BCUT2D eigenvalue weighted by Crippen LogP contribution is -2.51. The highest BCUT2D eigenvalue weighted by Crippen LogP contribution is 2.29. The lowest BCUT2D eigenvalue weighted by molar-refractivity contribution is -0.0193. The number of aliphatic hydroxyl groups is 2. The van der Waals surface area contributed by atoms with Gasteiger partial charge in [0.2, 0.25) is 0 Å². The molecule has 4 N–H and O–H groups in total. The molecule has 0 bridgehead atoms. The first-order valence-corrected chi connectivity index (χ1v) is 7.20. The molecule has 3 rings (SSSR count). The molecule has 0 amide bonds. The van der Waals surface area contributed by atoms with Crippen LogP contribution in [0.5, 0.6) is 0 Å². The van der Waals surface area contributed by atoms with Gasteiger partial charge in [0.15, 0.2) is 0 Å². The molecule has 4 atom stereocenters. The van der Waals surface area contributed by atoms with Gasteiger partial charge in [-0.2, -0.15) is 0 Å². The van der Waals surface area contributed by atoms with Crippen molar-refractivity contribution in [1.29, 1.82) is 0 Å². The van der Waals surface area contributed by atoms with Crippen molar-refractivity contribution in [2.75, 3.05) is 19.7 Å². The van der Waals surface area contributed by atoms with Gasteiger partial charge in [0, 0.05) is 19.6 Å². The number of nitrogens with two attached hydrogens (primary N) is 1. The molecule has 110 valence electrons. The molecule has 0 aliphatic carbocycles. The summed E-state index contributed by atoms with van der Waals surface area (Å²) in [6.07, 6.45) is -0.447. The van der Waals surface area contributed by atoms with Gasteiger partial charge in [-0.1, -0.05) is 24.3 Å². The van der Waals surface area contributed by atoms with Crippen molar-refractivity contribution in [2.24, 2.45) is 5.73 Å². The summed E-state index contributed by atoms with van der Waals surface area (Å²) < 4.78 is 5.66. The fraction of sp³-hybridized carbons (Fsp3) is 0.600. The number of hydrogen-bond donors (Lipinski definition) is 3. The lowest BCUT2D eigenvalue weighted by atomic mass is 9.95. The van der Waals surface area contributed by atoms with Crippen molar-refractivity contribution in [1.82, 2.24) is 4.90 Å². The molecular formula is C15H22N2O3. The molecule has 0 aromatic heterocycles. The van der Waals surface area contributed by atoms with E-state index in [4.69, 9.17) is 10.5 Å². The van der Waals surface area contributed by atoms with E-state index in [-0.39, 0.29) is 18.8 Å². The predicted molar refractivity (Wildman–Crippen MR) is 75.2 cm³/mol. The van der Waals surface area contributed by atoms with Crippen LogP contribution in [0.25, 0.3) is 0 Å². The highest BCUT2D eigenvalue weighted by Gasteiger charge is 2.46. The number of rotatable bonds is 3. The number of nitrogens with zero attached hydrogens (tertiary/aromatic N) is 1. The fourth-order valence-corrected chi connectivity index (χ4v) is 3.39. The van der Waals surface area contributed by atoms with Gasteiger partial charge < -0.3 is 20.7 Å². The first-order chi connectivity index (χ1) is 9.74. The minimum atomic E-state index is -0.682. The number of aliphatic hydroxyl groups excluding tert-OH is 2. The van der Waals surface area contributed by atoms with E-state index in [9.17, 15) is 10.2 Å². The van der Waals surface area contributed by atoms with Crippen LogP contribution in [0.1, 0.15) is 11.1 Å². The zero-order valence-electron chi connectivity index (χ0n) is 11.5. The molecule has 5 heteroatoms. The summed E-state index contributed by atoms with van der Waals surface area (Å²) in [6, 6.07) is 8.26. The van der Waals surface area contributed by atoms with Gasteiger partial charge in [-0.3, -0.25) is 4.90 Å². The zero-order valence-corrected chi connectivity index (χ0v) is 11.5. The third kappa shape index (κ3) is 2.36. The van der Waals surface area contributed by atoms with Crippen molar-refractivity contribution in [3.63, 3.8) is 0 Å². The Morgan fingerprint density at radius 2 is 2.00 bits per heavy atom. The van der Waals surface area contributed by atoms with Crippen LogP contribution in [-0.2, 0) is 17.7 Å². The van der Waals surface area contributed by atoms with Crippen LogP contribution in [0.2, 0.25) is 0 Å². The quantitative estimate of drug-likeness (QED) is 0.694. The maximum atomic E-state index is 10.4. The van der Waals surface area contributed by atoms with Crippen LogP contribution in [-0.4, -0.2) is 59.2 Å². The molecule has 2 aliphatic rings. The van der Waals surface area contributed by atoms with Gasteiger partial charge in [0.05, 0.1) is 18.8 Å². The minimum Gasteiger partial charge on any atom is -0.394 e. The Balaban J connectivity index is 1.79. The molecule has 0 spiro atoms. The van der Waals surface area contributed by atoms with Gasteiger partial charge in [0.1, 0.15) is 12.2 Å². The number of hydrogen-bond acceptors (Lipinski definition) is 5. The minimum absolute atomic E-state index is 0.134. The summed E-state index contributed by atoms with van der Waals surface area (Å²) >= 11 is 0. The van der Waals surface area contributed by atoms with Crippen LogP contribution in [0, 0.1) is 0 Å². The zero-order chi connectivity index (χ0) is 14.1. The fourth-order valence-electron chi connectivity index (χ4n) is 3.39. The van der Waals surface area contributed by atoms with Crippen LogP contribution < -0.4 is 5.73 Å². The summed E-state index contributed by atoms with van der Waals surface area (Å²) in [5, 5.41) is 19.6. The molecule has 1 saturated heterocycles. The SMILES string of the molecule is NC[C@H]1O[C@@H](CO)[C@@H](O)[C@H]1N1CCc2ccccc2C1. The second-order valence-electron chi connectivity index (χ2n) is 5.60. The summed E-state index contributed by atoms with van der Waals surface area (Å²) in [4.78, 5) is 2.24. The van der Waals surface area contributed by atoms with E-state index in [1.54, 1.807) is 0 Å². The normalized spacial score (nSPS) is 34.1. The van der Waals surface area contributed by atoms with E-state index in [0.717, 1.165) is 19.5 Å². The Kier molecular flexibility index (Phi) is 4.05. The average Bonchev–Trinajstić information content (AvgIpc) is 2.82. The Bertz CT molecular complexity index is 466. The highest BCUT2D eigenvalue weighted by atomic mass is 16.5. The van der Waals surface area contributed by atoms with E-state index in [1.807, 2.05) is 6.07 Å². The van der Waals surface area contributed by atoms with Gasteiger partial charge >= 0.3 is 0 Å². The molecule has 2 aliphatic heterocycles. The number of benzene rings is 1. The second kappa shape index (κ2) is 5.79. The Hall–Kier alpha value is -0.980. The first-order valence-electron chi connectivity index (χ1n) is 7.20. The van der Waals surface area contributed by atoms with E-state index >= 15 is 0 Å². The maximum Gasteiger partial charge on any atom is 0.109 e. The predicted octanol–water partition coefficient (Wildman–Crippen LogP) is -0.507. The molecule has 1 fully saturated rings. The van der Waals surface area contributed by atoms with Crippen LogP contribution >= 0.6 is 0 Å². The van der Waals surface area contributed by atoms with Crippen LogP contribution in [0.15, 0.2) is 24.3 Å². The van der Waals surface area contributed by atoms with Gasteiger partial charge in [0.25, 0.3) is 0 Å². The Morgan fingerprint density at radius 1 is 1.25 bits per heavy atom. The van der Waals surface area contributed by atoms with Gasteiger partial charge in [-0.15, -0.1) is 0 Å².